The molecule has 0 radical (unpaired) electrons. The highest BCUT2D eigenvalue weighted by Crippen LogP contribution is 2.45. The lowest BCUT2D eigenvalue weighted by atomic mass is 9.82. The van der Waals surface area contributed by atoms with Crippen molar-refractivity contribution in [2.45, 2.75) is 76.4 Å². The number of carbonyl (C=O) groups excluding carboxylic acids is 1. The second kappa shape index (κ2) is 10.6. The van der Waals surface area contributed by atoms with Crippen molar-refractivity contribution >= 4 is 17.6 Å². The topological polar surface area (TPSA) is 66.8 Å². The van der Waals surface area contributed by atoms with Gasteiger partial charge in [0, 0.05) is 17.7 Å². The minimum absolute atomic E-state index is 0.0157. The van der Waals surface area contributed by atoms with Crippen molar-refractivity contribution < 1.29 is 19.7 Å². The molecule has 1 aromatic carbocycles. The van der Waals surface area contributed by atoms with Crippen LogP contribution in [-0.4, -0.2) is 34.8 Å². The molecule has 5 heteroatoms. The molecular formula is C24H35ClO4. The lowest BCUT2D eigenvalue weighted by Crippen LogP contribution is -2.20. The molecule has 162 valence electrons. The lowest BCUT2D eigenvalue weighted by Gasteiger charge is -2.27. The Morgan fingerprint density at radius 1 is 1.28 bits per heavy atom. The predicted octanol–water partition coefficient (Wildman–Crippen LogP) is 5.13. The number of hydrogen-bond donors (Lipinski definition) is 2. The number of allylic oxidation sites excluding steroid dienone is 2. The molecule has 4 nitrogen and oxygen atoms in total. The van der Waals surface area contributed by atoms with Gasteiger partial charge in [0.2, 0.25) is 0 Å². The van der Waals surface area contributed by atoms with Crippen LogP contribution in [0, 0.1) is 11.3 Å². The summed E-state index contributed by atoms with van der Waals surface area (Å²) in [6.45, 7) is 6.04. The highest BCUT2D eigenvalue weighted by Gasteiger charge is 2.41. The number of aliphatic hydroxyl groups excluding tert-OH is 2. The third kappa shape index (κ3) is 6.56. The maximum absolute atomic E-state index is 11.1. The molecule has 1 fully saturated rings. The van der Waals surface area contributed by atoms with Crippen molar-refractivity contribution in [1.82, 2.24) is 0 Å². The van der Waals surface area contributed by atoms with Crippen molar-refractivity contribution in [3.05, 3.63) is 47.5 Å². The molecule has 0 aliphatic heterocycles. The van der Waals surface area contributed by atoms with E-state index in [1.165, 1.54) is 7.11 Å². The molecule has 0 spiro atoms. The maximum atomic E-state index is 11.1. The first-order valence-electron chi connectivity index (χ1n) is 10.5. The molecule has 0 heterocycles. The van der Waals surface area contributed by atoms with E-state index >= 15 is 0 Å². The predicted molar refractivity (Wildman–Crippen MR) is 117 cm³/mol. The number of aliphatic hydroxyl groups is 2. The number of rotatable bonds is 8. The van der Waals surface area contributed by atoms with E-state index in [0.29, 0.717) is 12.8 Å². The summed E-state index contributed by atoms with van der Waals surface area (Å²) in [6, 6.07) is 7.94. The van der Waals surface area contributed by atoms with E-state index in [4.69, 9.17) is 11.6 Å². The van der Waals surface area contributed by atoms with Crippen LogP contribution in [0.5, 0.6) is 0 Å². The summed E-state index contributed by atoms with van der Waals surface area (Å²) in [4.78, 5) is 11.1. The van der Waals surface area contributed by atoms with Gasteiger partial charge in [0.1, 0.15) is 0 Å². The summed E-state index contributed by atoms with van der Waals surface area (Å²) in [7, 11) is 1.40. The summed E-state index contributed by atoms with van der Waals surface area (Å²) >= 11 is 6.56. The Kier molecular flexibility index (Phi) is 8.74. The van der Waals surface area contributed by atoms with Gasteiger partial charge in [0.25, 0.3) is 0 Å². The SMILES string of the molecule is COC(=O)CCC/C=C\C[C@@H]1[C@@H](c2ccc(C(O)C(C)(C)C)cc2)[C@H](O)C[C@@H]1Cl. The van der Waals surface area contributed by atoms with Crippen molar-refractivity contribution in [3.8, 4) is 0 Å². The number of halogens is 1. The van der Waals surface area contributed by atoms with Crippen LogP contribution in [0.4, 0.5) is 0 Å². The fraction of sp³-hybridized carbons (Fsp3) is 0.625. The number of benzene rings is 1. The first kappa shape index (κ1) is 23.9. The van der Waals surface area contributed by atoms with Crippen molar-refractivity contribution in [1.29, 1.82) is 0 Å². The number of carbonyl (C=O) groups is 1. The smallest absolute Gasteiger partial charge is 0.305 e. The average molecular weight is 423 g/mol. The van der Waals surface area contributed by atoms with Crippen molar-refractivity contribution in [2.75, 3.05) is 7.11 Å². The number of unbranched alkanes of at least 4 members (excludes halogenated alkanes) is 1. The molecule has 1 unspecified atom stereocenters. The molecule has 1 aromatic rings. The summed E-state index contributed by atoms with van der Waals surface area (Å²) < 4.78 is 4.64. The van der Waals surface area contributed by atoms with Crippen LogP contribution in [0.2, 0.25) is 0 Å². The zero-order chi connectivity index (χ0) is 21.6. The van der Waals surface area contributed by atoms with E-state index in [0.717, 1.165) is 30.4 Å². The molecule has 5 atom stereocenters. The van der Waals surface area contributed by atoms with Gasteiger partial charge in [-0.3, -0.25) is 4.79 Å². The molecule has 2 N–H and O–H groups in total. The van der Waals surface area contributed by atoms with E-state index in [1.807, 2.05) is 45.0 Å². The molecule has 1 aliphatic rings. The monoisotopic (exact) mass is 422 g/mol. The van der Waals surface area contributed by atoms with Crippen molar-refractivity contribution in [2.24, 2.45) is 11.3 Å². The highest BCUT2D eigenvalue weighted by atomic mass is 35.5. The van der Waals surface area contributed by atoms with Gasteiger partial charge in [-0.1, -0.05) is 57.2 Å². The van der Waals surface area contributed by atoms with Crippen molar-refractivity contribution in [3.63, 3.8) is 0 Å². The second-order valence-corrected chi connectivity index (χ2v) is 9.68. The van der Waals surface area contributed by atoms with Gasteiger partial charge in [0.15, 0.2) is 0 Å². The summed E-state index contributed by atoms with van der Waals surface area (Å²) in [6.07, 6.45) is 6.58. The first-order chi connectivity index (χ1) is 13.6. The molecule has 0 aromatic heterocycles. The molecule has 0 saturated heterocycles. The Morgan fingerprint density at radius 2 is 1.93 bits per heavy atom. The van der Waals surface area contributed by atoms with Gasteiger partial charge in [-0.05, 0) is 48.1 Å². The Hall–Kier alpha value is -1.36. The third-order valence-electron chi connectivity index (χ3n) is 5.82. The molecule has 29 heavy (non-hydrogen) atoms. The third-order valence-corrected chi connectivity index (χ3v) is 6.32. The van der Waals surface area contributed by atoms with Gasteiger partial charge in [-0.15, -0.1) is 11.6 Å². The van der Waals surface area contributed by atoms with Gasteiger partial charge < -0.3 is 14.9 Å². The van der Waals surface area contributed by atoms with Gasteiger partial charge >= 0.3 is 5.97 Å². The molecule has 1 aliphatic carbocycles. The summed E-state index contributed by atoms with van der Waals surface area (Å²) in [5.74, 6) is -0.0433. The maximum Gasteiger partial charge on any atom is 0.305 e. The quantitative estimate of drug-likeness (QED) is 0.264. The van der Waals surface area contributed by atoms with E-state index in [2.05, 4.69) is 16.9 Å². The van der Waals surface area contributed by atoms with E-state index in [-0.39, 0.29) is 28.6 Å². The summed E-state index contributed by atoms with van der Waals surface area (Å²) in [5.41, 5.74) is 1.73. The Morgan fingerprint density at radius 3 is 2.52 bits per heavy atom. The van der Waals surface area contributed by atoms with Crippen LogP contribution >= 0.6 is 11.6 Å². The molecule has 2 rings (SSSR count). The van der Waals surface area contributed by atoms with Gasteiger partial charge in [-0.2, -0.15) is 0 Å². The largest absolute Gasteiger partial charge is 0.469 e. The first-order valence-corrected chi connectivity index (χ1v) is 10.9. The number of hydrogen-bond acceptors (Lipinski definition) is 4. The van der Waals surface area contributed by atoms with E-state index in [9.17, 15) is 15.0 Å². The molecule has 1 saturated carbocycles. The van der Waals surface area contributed by atoms with Crippen LogP contribution in [-0.2, 0) is 9.53 Å². The van der Waals surface area contributed by atoms with Crippen LogP contribution in [0.1, 0.15) is 76.0 Å². The van der Waals surface area contributed by atoms with Gasteiger partial charge in [0.05, 0.1) is 19.3 Å². The summed E-state index contributed by atoms with van der Waals surface area (Å²) in [5, 5.41) is 21.0. The Balaban J connectivity index is 2.01. The fourth-order valence-electron chi connectivity index (χ4n) is 4.06. The van der Waals surface area contributed by atoms with Crippen LogP contribution in [0.3, 0.4) is 0 Å². The van der Waals surface area contributed by atoms with Crippen LogP contribution in [0.25, 0.3) is 0 Å². The van der Waals surface area contributed by atoms with Crippen LogP contribution < -0.4 is 0 Å². The average Bonchev–Trinajstić information content (AvgIpc) is 2.96. The Labute approximate surface area is 179 Å². The molecule has 0 bridgehead atoms. The number of methoxy groups -OCH3 is 1. The minimum atomic E-state index is -0.533. The second-order valence-electron chi connectivity index (χ2n) is 9.12. The Bertz CT molecular complexity index is 677. The van der Waals surface area contributed by atoms with E-state index < -0.39 is 12.2 Å². The highest BCUT2D eigenvalue weighted by molar-refractivity contribution is 6.21. The molecular weight excluding hydrogens is 388 g/mol. The lowest BCUT2D eigenvalue weighted by molar-refractivity contribution is -0.140. The number of ether oxygens (including phenoxy) is 1. The standard InChI is InChI=1S/C24H35ClO4/c1-24(2,3)23(28)17-13-11-16(12-14-17)22-18(19(25)15-20(22)26)9-7-5-6-8-10-21(27)29-4/h5,7,11-14,18-20,22-23,26,28H,6,8-10,15H2,1-4H3/b7-5-/t18-,19-,20+,22+,23?/m0/s1. The normalized spacial score (nSPS) is 26.0. The van der Waals surface area contributed by atoms with Gasteiger partial charge in [-0.25, -0.2) is 0 Å². The fourth-order valence-corrected chi connectivity index (χ4v) is 4.51. The van der Waals surface area contributed by atoms with Crippen LogP contribution in [0.15, 0.2) is 36.4 Å². The number of esters is 1. The van der Waals surface area contributed by atoms with E-state index in [1.54, 1.807) is 0 Å². The number of alkyl halides is 1. The minimum Gasteiger partial charge on any atom is -0.469 e. The zero-order valence-electron chi connectivity index (χ0n) is 18.0. The molecule has 0 amide bonds. The zero-order valence-corrected chi connectivity index (χ0v) is 18.7.